The molecule has 1 aromatic rings. The molecule has 1 fully saturated rings. The molecule has 0 N–H and O–H groups in total. The molecule has 1 aliphatic heterocycles. The molecule has 2 amide bonds. The van der Waals surface area contributed by atoms with Crippen molar-refractivity contribution in [3.05, 3.63) is 23.3 Å². The van der Waals surface area contributed by atoms with E-state index in [1.807, 2.05) is 37.8 Å². The third kappa shape index (κ3) is 5.37. The number of ether oxygens (including phenoxy) is 2. The van der Waals surface area contributed by atoms with Gasteiger partial charge in [-0.15, -0.1) is 0 Å². The number of unbranched alkanes of at least 4 members (excludes halogenated alkanes) is 1. The second kappa shape index (κ2) is 10.9. The fraction of sp³-hybridized carbons (Fsp3) is 0.704. The zero-order valence-corrected chi connectivity index (χ0v) is 21.4. The normalized spacial score (nSPS) is 21.2. The summed E-state index contributed by atoms with van der Waals surface area (Å²) in [5.41, 5.74) is 1.39. The Morgan fingerprint density at radius 2 is 1.94 bits per heavy atom. The monoisotopic (exact) mass is 458 g/mol. The van der Waals surface area contributed by atoms with Crippen LogP contribution in [0.15, 0.2) is 12.1 Å². The molecule has 3 rings (SSSR count). The maximum atomic E-state index is 13.8. The summed E-state index contributed by atoms with van der Waals surface area (Å²) in [5.74, 6) is 0.714. The first-order valence-electron chi connectivity index (χ1n) is 12.7. The summed E-state index contributed by atoms with van der Waals surface area (Å²) in [7, 11) is 1.69. The molecule has 1 aromatic carbocycles. The molecule has 0 radical (unpaired) electrons. The van der Waals surface area contributed by atoms with E-state index in [9.17, 15) is 9.59 Å². The van der Waals surface area contributed by atoms with E-state index in [1.165, 1.54) is 19.3 Å². The molecule has 0 unspecified atom stereocenters. The predicted molar refractivity (Wildman–Crippen MR) is 132 cm³/mol. The van der Waals surface area contributed by atoms with Crippen LogP contribution in [0, 0.1) is 6.92 Å². The Balaban J connectivity index is 1.98. The van der Waals surface area contributed by atoms with Gasteiger partial charge in [-0.1, -0.05) is 26.2 Å². The molecule has 184 valence electrons. The van der Waals surface area contributed by atoms with Crippen molar-refractivity contribution in [1.29, 1.82) is 0 Å². The number of anilines is 1. The van der Waals surface area contributed by atoms with Crippen LogP contribution in [0.3, 0.4) is 0 Å². The van der Waals surface area contributed by atoms with E-state index < -0.39 is 5.60 Å². The fourth-order valence-electron chi connectivity index (χ4n) is 5.16. The predicted octanol–water partition coefficient (Wildman–Crippen LogP) is 5.50. The summed E-state index contributed by atoms with van der Waals surface area (Å²) in [5, 5.41) is 0. The minimum absolute atomic E-state index is 0.0369. The Morgan fingerprint density at radius 1 is 1.24 bits per heavy atom. The van der Waals surface area contributed by atoms with Crippen LogP contribution in [0.2, 0.25) is 0 Å². The lowest BCUT2D eigenvalue weighted by Crippen LogP contribution is -2.54. The molecule has 1 atom stereocenters. The van der Waals surface area contributed by atoms with Crippen molar-refractivity contribution >= 4 is 17.5 Å². The largest absolute Gasteiger partial charge is 0.476 e. The van der Waals surface area contributed by atoms with Crippen LogP contribution in [0.1, 0.15) is 95.0 Å². The van der Waals surface area contributed by atoms with Crippen molar-refractivity contribution < 1.29 is 19.1 Å². The molecule has 6 nitrogen and oxygen atoms in total. The molecule has 0 aromatic heterocycles. The lowest BCUT2D eigenvalue weighted by Gasteiger charge is -2.41. The molecule has 1 heterocycles. The van der Waals surface area contributed by atoms with Gasteiger partial charge in [0.15, 0.2) is 5.60 Å². The van der Waals surface area contributed by atoms with E-state index in [0.29, 0.717) is 36.6 Å². The minimum Gasteiger partial charge on any atom is -0.476 e. The van der Waals surface area contributed by atoms with Crippen molar-refractivity contribution in [3.8, 4) is 5.75 Å². The number of fused-ring (bicyclic) bond motifs is 1. The van der Waals surface area contributed by atoms with Gasteiger partial charge in [-0.25, -0.2) is 0 Å². The van der Waals surface area contributed by atoms with Crippen LogP contribution in [-0.2, 0) is 9.53 Å². The van der Waals surface area contributed by atoms with Gasteiger partial charge in [-0.3, -0.25) is 9.59 Å². The van der Waals surface area contributed by atoms with Gasteiger partial charge in [-0.05, 0) is 77.5 Å². The number of nitrogens with zero attached hydrogens (tertiary/aromatic N) is 2. The average Bonchev–Trinajstić information content (AvgIpc) is 2.79. The first-order valence-corrected chi connectivity index (χ1v) is 12.7. The summed E-state index contributed by atoms with van der Waals surface area (Å²) < 4.78 is 11.4. The van der Waals surface area contributed by atoms with Crippen LogP contribution in [-0.4, -0.2) is 54.7 Å². The first-order chi connectivity index (χ1) is 15.7. The molecular formula is C27H42N2O4. The fourth-order valence-corrected chi connectivity index (χ4v) is 5.16. The molecular weight excluding hydrogens is 416 g/mol. The van der Waals surface area contributed by atoms with Gasteiger partial charge in [-0.2, -0.15) is 0 Å². The Labute approximate surface area is 199 Å². The lowest BCUT2D eigenvalue weighted by molar-refractivity contribution is -0.134. The molecule has 1 aliphatic carbocycles. The molecule has 6 heteroatoms. The second-order valence-electron chi connectivity index (χ2n) is 10.1. The van der Waals surface area contributed by atoms with E-state index in [1.54, 1.807) is 7.11 Å². The van der Waals surface area contributed by atoms with Crippen LogP contribution < -0.4 is 9.64 Å². The van der Waals surface area contributed by atoms with E-state index in [4.69, 9.17) is 9.47 Å². The first kappa shape index (κ1) is 25.5. The van der Waals surface area contributed by atoms with E-state index >= 15 is 0 Å². The number of carbonyl (C=O) groups is 2. The van der Waals surface area contributed by atoms with E-state index in [2.05, 4.69) is 18.7 Å². The summed E-state index contributed by atoms with van der Waals surface area (Å²) in [4.78, 5) is 31.2. The van der Waals surface area contributed by atoms with Gasteiger partial charge in [0, 0.05) is 37.9 Å². The van der Waals surface area contributed by atoms with E-state index in [-0.39, 0.29) is 23.9 Å². The summed E-state index contributed by atoms with van der Waals surface area (Å²) in [6, 6.07) is 4.26. The summed E-state index contributed by atoms with van der Waals surface area (Å²) in [6.45, 7) is 11.3. The summed E-state index contributed by atoms with van der Waals surface area (Å²) >= 11 is 0. The van der Waals surface area contributed by atoms with Crippen molar-refractivity contribution in [1.82, 2.24) is 4.90 Å². The number of methoxy groups -OCH3 is 1. The third-order valence-electron chi connectivity index (χ3n) is 7.27. The molecule has 1 saturated carbocycles. The second-order valence-corrected chi connectivity index (χ2v) is 10.1. The van der Waals surface area contributed by atoms with Gasteiger partial charge in [0.1, 0.15) is 5.75 Å². The molecule has 0 bridgehead atoms. The number of carbonyl (C=O) groups excluding carboxylic acids is 2. The number of amides is 2. The zero-order chi connectivity index (χ0) is 24.2. The Hall–Kier alpha value is -2.08. The average molecular weight is 459 g/mol. The number of benzene rings is 1. The topological polar surface area (TPSA) is 59.1 Å². The van der Waals surface area contributed by atoms with Gasteiger partial charge < -0.3 is 19.3 Å². The maximum Gasteiger partial charge on any atom is 0.270 e. The summed E-state index contributed by atoms with van der Waals surface area (Å²) in [6.07, 6.45) is 8.03. The van der Waals surface area contributed by atoms with Crippen LogP contribution in [0.25, 0.3) is 0 Å². The van der Waals surface area contributed by atoms with Crippen LogP contribution in [0.4, 0.5) is 5.69 Å². The van der Waals surface area contributed by atoms with Crippen molar-refractivity contribution in [2.45, 2.75) is 104 Å². The number of aryl methyl sites for hydroxylation is 1. The van der Waals surface area contributed by atoms with Gasteiger partial charge >= 0.3 is 0 Å². The third-order valence-corrected chi connectivity index (χ3v) is 7.27. The highest BCUT2D eigenvalue weighted by Gasteiger charge is 2.44. The van der Waals surface area contributed by atoms with Gasteiger partial charge in [0.05, 0.1) is 5.69 Å². The SMILES string of the molecule is CC[C@]1(C)Oc2cc(C)c(C(=O)N(C(C)C)C3CCCCC3)cc2N(CCCCOC)C1=O. The molecule has 33 heavy (non-hydrogen) atoms. The lowest BCUT2D eigenvalue weighted by atomic mass is 9.92. The number of rotatable bonds is 9. The quantitative estimate of drug-likeness (QED) is 0.459. The highest BCUT2D eigenvalue weighted by molar-refractivity contribution is 6.05. The smallest absolute Gasteiger partial charge is 0.270 e. The van der Waals surface area contributed by atoms with Crippen molar-refractivity contribution in [3.63, 3.8) is 0 Å². The maximum absolute atomic E-state index is 13.8. The molecule has 0 saturated heterocycles. The zero-order valence-electron chi connectivity index (χ0n) is 21.4. The van der Waals surface area contributed by atoms with Gasteiger partial charge in [0.2, 0.25) is 0 Å². The Morgan fingerprint density at radius 3 is 2.55 bits per heavy atom. The molecule has 2 aliphatic rings. The van der Waals surface area contributed by atoms with Crippen LogP contribution in [0.5, 0.6) is 5.75 Å². The standard InChI is InChI=1S/C27H42N2O4/c1-7-27(5)26(31)28(15-11-12-16-32-6)23-18-22(20(4)17-24(23)33-27)25(30)29(19(2)3)21-13-9-8-10-14-21/h17-19,21H,7-16H2,1-6H3/t27-/m0/s1. The number of hydrogen-bond acceptors (Lipinski definition) is 4. The van der Waals surface area contributed by atoms with Crippen molar-refractivity contribution in [2.24, 2.45) is 0 Å². The van der Waals surface area contributed by atoms with E-state index in [0.717, 1.165) is 31.2 Å². The minimum atomic E-state index is -0.891. The Kier molecular flexibility index (Phi) is 8.43. The highest BCUT2D eigenvalue weighted by atomic mass is 16.5. The Bertz CT molecular complexity index is 847. The van der Waals surface area contributed by atoms with Crippen molar-refractivity contribution in [2.75, 3.05) is 25.2 Å². The van der Waals surface area contributed by atoms with Crippen LogP contribution >= 0.6 is 0 Å². The number of hydrogen-bond donors (Lipinski definition) is 0. The highest BCUT2D eigenvalue weighted by Crippen LogP contribution is 2.41. The van der Waals surface area contributed by atoms with Gasteiger partial charge in [0.25, 0.3) is 11.8 Å². The molecule has 0 spiro atoms.